The average Bonchev–Trinajstić information content (AvgIpc) is 2.33. The zero-order valence-electron chi connectivity index (χ0n) is 11.5. The second kappa shape index (κ2) is 7.56. The molecule has 1 rings (SSSR count). The summed E-state index contributed by atoms with van der Waals surface area (Å²) in [5.41, 5.74) is 0.875. The molecular weight excluding hydrogens is 250 g/mol. The Bertz CT molecular complexity index is 371. The van der Waals surface area contributed by atoms with E-state index in [0.29, 0.717) is 24.2 Å². The quantitative estimate of drug-likeness (QED) is 0.826. The Hall–Kier alpha value is -0.840. The highest BCUT2D eigenvalue weighted by Gasteiger charge is 2.13. The van der Waals surface area contributed by atoms with Crippen LogP contribution in [0.3, 0.4) is 0 Å². The van der Waals surface area contributed by atoms with E-state index in [4.69, 9.17) is 16.3 Å². The largest absolute Gasteiger partial charge is 0.383 e. The van der Waals surface area contributed by atoms with Crippen LogP contribution in [0.1, 0.15) is 19.5 Å². The fourth-order valence-electron chi connectivity index (χ4n) is 1.75. The Morgan fingerprint density at radius 3 is 2.72 bits per heavy atom. The molecule has 5 heteroatoms. The van der Waals surface area contributed by atoms with Crippen LogP contribution in [0.15, 0.2) is 12.1 Å². The van der Waals surface area contributed by atoms with Crippen molar-refractivity contribution in [3.05, 3.63) is 22.8 Å². The van der Waals surface area contributed by atoms with Gasteiger partial charge in [-0.2, -0.15) is 0 Å². The summed E-state index contributed by atoms with van der Waals surface area (Å²) < 4.78 is 5.14. The van der Waals surface area contributed by atoms with Crippen molar-refractivity contribution in [3.8, 4) is 0 Å². The third kappa shape index (κ3) is 4.12. The maximum atomic E-state index is 6.12. The molecule has 0 radical (unpaired) electrons. The second-order valence-corrected chi connectivity index (χ2v) is 4.82. The van der Waals surface area contributed by atoms with Gasteiger partial charge in [0, 0.05) is 26.2 Å². The summed E-state index contributed by atoms with van der Waals surface area (Å²) in [4.78, 5) is 6.82. The normalized spacial score (nSPS) is 11.0. The fourth-order valence-corrected chi connectivity index (χ4v) is 1.92. The molecule has 0 aromatic carbocycles. The first kappa shape index (κ1) is 15.2. The third-order valence-corrected chi connectivity index (χ3v) is 3.05. The number of nitrogens with zero attached hydrogens (tertiary/aromatic N) is 2. The van der Waals surface area contributed by atoms with Gasteiger partial charge in [-0.15, -0.1) is 0 Å². The number of hydrogen-bond acceptors (Lipinski definition) is 4. The van der Waals surface area contributed by atoms with Crippen molar-refractivity contribution in [1.29, 1.82) is 0 Å². The van der Waals surface area contributed by atoms with Gasteiger partial charge in [-0.3, -0.25) is 0 Å². The lowest BCUT2D eigenvalue weighted by Gasteiger charge is -2.28. The lowest BCUT2D eigenvalue weighted by Crippen LogP contribution is -2.34. The number of anilines is 1. The molecule has 4 nitrogen and oxygen atoms in total. The molecule has 1 aromatic heterocycles. The van der Waals surface area contributed by atoms with Gasteiger partial charge in [-0.1, -0.05) is 11.6 Å². The van der Waals surface area contributed by atoms with Crippen LogP contribution in [0.2, 0.25) is 5.02 Å². The minimum Gasteiger partial charge on any atom is -0.383 e. The molecule has 1 N–H and O–H groups in total. The highest BCUT2D eigenvalue weighted by atomic mass is 35.5. The van der Waals surface area contributed by atoms with Gasteiger partial charge in [0.15, 0.2) is 0 Å². The van der Waals surface area contributed by atoms with Gasteiger partial charge in [0.05, 0.1) is 17.3 Å². The second-order valence-electron chi connectivity index (χ2n) is 4.41. The van der Waals surface area contributed by atoms with E-state index < -0.39 is 0 Å². The van der Waals surface area contributed by atoms with E-state index in [1.807, 2.05) is 19.2 Å². The number of ether oxygens (including phenoxy) is 1. The Morgan fingerprint density at radius 1 is 1.44 bits per heavy atom. The molecule has 1 aromatic rings. The Labute approximate surface area is 114 Å². The van der Waals surface area contributed by atoms with Gasteiger partial charge in [-0.05, 0) is 33.0 Å². The molecule has 0 aliphatic carbocycles. The topological polar surface area (TPSA) is 37.4 Å². The highest BCUT2D eigenvalue weighted by Crippen LogP contribution is 2.20. The molecule has 18 heavy (non-hydrogen) atoms. The molecule has 0 saturated heterocycles. The van der Waals surface area contributed by atoms with Crippen molar-refractivity contribution >= 4 is 17.4 Å². The SMILES string of the molecule is CNCc1nc(N(CCOC)C(C)C)ccc1Cl. The molecule has 0 unspecified atom stereocenters. The molecular formula is C13H22ClN3O. The van der Waals surface area contributed by atoms with Gasteiger partial charge in [0.2, 0.25) is 0 Å². The molecule has 0 atom stereocenters. The highest BCUT2D eigenvalue weighted by molar-refractivity contribution is 6.31. The molecule has 0 bridgehead atoms. The monoisotopic (exact) mass is 271 g/mol. The van der Waals surface area contributed by atoms with Crippen LogP contribution in [0, 0.1) is 0 Å². The molecule has 0 spiro atoms. The Kier molecular flexibility index (Phi) is 6.39. The number of pyridine rings is 1. The number of halogens is 1. The maximum absolute atomic E-state index is 6.12. The maximum Gasteiger partial charge on any atom is 0.129 e. The average molecular weight is 272 g/mol. The predicted octanol–water partition coefficient (Wildman–Crippen LogP) is 2.32. The van der Waals surface area contributed by atoms with Gasteiger partial charge in [0.25, 0.3) is 0 Å². The van der Waals surface area contributed by atoms with E-state index in [2.05, 4.69) is 29.0 Å². The summed E-state index contributed by atoms with van der Waals surface area (Å²) in [7, 11) is 3.59. The number of rotatable bonds is 7. The number of nitrogens with one attached hydrogen (secondary N) is 1. The first-order chi connectivity index (χ1) is 8.60. The van der Waals surface area contributed by atoms with Gasteiger partial charge in [0.1, 0.15) is 5.82 Å². The summed E-state index contributed by atoms with van der Waals surface area (Å²) in [5.74, 6) is 0.941. The summed E-state index contributed by atoms with van der Waals surface area (Å²) in [6, 6.07) is 4.23. The van der Waals surface area contributed by atoms with Gasteiger partial charge >= 0.3 is 0 Å². The van der Waals surface area contributed by atoms with Gasteiger partial charge < -0.3 is 15.0 Å². The minimum absolute atomic E-state index is 0.372. The number of methoxy groups -OCH3 is 1. The van der Waals surface area contributed by atoms with E-state index in [0.717, 1.165) is 18.1 Å². The number of aromatic nitrogens is 1. The molecule has 0 aliphatic rings. The standard InChI is InChI=1S/C13H22ClN3O/c1-10(2)17(7-8-18-4)13-6-5-11(14)12(16-13)9-15-3/h5-6,10,15H,7-9H2,1-4H3. The third-order valence-electron chi connectivity index (χ3n) is 2.70. The number of hydrogen-bond donors (Lipinski definition) is 1. The van der Waals surface area contributed by atoms with Crippen molar-refractivity contribution in [2.75, 3.05) is 32.2 Å². The Balaban J connectivity index is 2.93. The van der Waals surface area contributed by atoms with Crippen LogP contribution in [0.4, 0.5) is 5.82 Å². The summed E-state index contributed by atoms with van der Waals surface area (Å²) in [6.07, 6.45) is 0. The van der Waals surface area contributed by atoms with Gasteiger partial charge in [-0.25, -0.2) is 4.98 Å². The molecule has 1 heterocycles. The van der Waals surface area contributed by atoms with E-state index in [1.54, 1.807) is 7.11 Å². The zero-order chi connectivity index (χ0) is 13.5. The van der Waals surface area contributed by atoms with Crippen LogP contribution < -0.4 is 10.2 Å². The fraction of sp³-hybridized carbons (Fsp3) is 0.615. The smallest absolute Gasteiger partial charge is 0.129 e. The van der Waals surface area contributed by atoms with Crippen molar-refractivity contribution in [2.45, 2.75) is 26.4 Å². The Morgan fingerprint density at radius 2 is 2.17 bits per heavy atom. The predicted molar refractivity (Wildman–Crippen MR) is 76.4 cm³/mol. The summed E-state index contributed by atoms with van der Waals surface area (Å²) in [6.45, 7) is 6.46. The van der Waals surface area contributed by atoms with Crippen LogP contribution in [0.25, 0.3) is 0 Å². The van der Waals surface area contributed by atoms with Crippen LogP contribution in [0.5, 0.6) is 0 Å². The van der Waals surface area contributed by atoms with E-state index in [-0.39, 0.29) is 0 Å². The zero-order valence-corrected chi connectivity index (χ0v) is 12.3. The summed E-state index contributed by atoms with van der Waals surface area (Å²) >= 11 is 6.12. The first-order valence-electron chi connectivity index (χ1n) is 6.15. The first-order valence-corrected chi connectivity index (χ1v) is 6.53. The van der Waals surface area contributed by atoms with Crippen molar-refractivity contribution in [2.24, 2.45) is 0 Å². The van der Waals surface area contributed by atoms with Crippen LogP contribution in [-0.4, -0.2) is 38.3 Å². The van der Waals surface area contributed by atoms with Crippen molar-refractivity contribution in [3.63, 3.8) is 0 Å². The lowest BCUT2D eigenvalue weighted by atomic mass is 10.2. The lowest BCUT2D eigenvalue weighted by molar-refractivity contribution is 0.203. The molecule has 0 saturated carbocycles. The van der Waals surface area contributed by atoms with E-state index >= 15 is 0 Å². The van der Waals surface area contributed by atoms with Crippen LogP contribution in [-0.2, 0) is 11.3 Å². The van der Waals surface area contributed by atoms with Crippen LogP contribution >= 0.6 is 11.6 Å². The van der Waals surface area contributed by atoms with Crippen molar-refractivity contribution in [1.82, 2.24) is 10.3 Å². The molecule has 0 amide bonds. The van der Waals surface area contributed by atoms with E-state index in [9.17, 15) is 0 Å². The minimum atomic E-state index is 0.372. The summed E-state index contributed by atoms with van der Waals surface area (Å²) in [5, 5.41) is 3.77. The molecule has 0 fully saturated rings. The molecule has 0 aliphatic heterocycles. The molecule has 102 valence electrons. The van der Waals surface area contributed by atoms with Crippen molar-refractivity contribution < 1.29 is 4.74 Å². The van der Waals surface area contributed by atoms with E-state index in [1.165, 1.54) is 0 Å².